The first-order valence-corrected chi connectivity index (χ1v) is 5.66. The molecule has 17 heavy (non-hydrogen) atoms. The van der Waals surface area contributed by atoms with Crippen molar-refractivity contribution in [3.8, 4) is 0 Å². The van der Waals surface area contributed by atoms with Crippen molar-refractivity contribution >= 4 is 0 Å². The minimum Gasteiger partial charge on any atom is -0.394 e. The maximum atomic E-state index is 9.76. The molecule has 0 aromatic rings. The molecule has 0 bridgehead atoms. The first-order valence-electron chi connectivity index (χ1n) is 5.66. The number of aliphatic hydroxyl groups is 3. The molecular weight excluding hydrogens is 224 g/mol. The number of methoxy groups -OCH3 is 1. The van der Waals surface area contributed by atoms with Crippen LogP contribution in [0, 0.1) is 0 Å². The fourth-order valence-corrected chi connectivity index (χ4v) is 1.56. The molecule has 0 aromatic carbocycles. The Morgan fingerprint density at radius 3 is 2.35 bits per heavy atom. The first-order chi connectivity index (χ1) is 7.84. The molecule has 0 aliphatic heterocycles. The van der Waals surface area contributed by atoms with E-state index in [-0.39, 0.29) is 6.61 Å². The minimum absolute atomic E-state index is 0.245. The molecule has 0 aliphatic rings. The molecule has 0 saturated heterocycles. The van der Waals surface area contributed by atoms with E-state index in [9.17, 15) is 10.2 Å². The van der Waals surface area contributed by atoms with Gasteiger partial charge in [0, 0.05) is 13.5 Å². The lowest BCUT2D eigenvalue weighted by molar-refractivity contribution is -0.220. The Hall–Kier alpha value is -0.460. The van der Waals surface area contributed by atoms with Gasteiger partial charge in [0.05, 0.1) is 24.9 Å². The van der Waals surface area contributed by atoms with Gasteiger partial charge in [0.25, 0.3) is 0 Å². The van der Waals surface area contributed by atoms with Crippen LogP contribution in [0.4, 0.5) is 0 Å². The van der Waals surface area contributed by atoms with Gasteiger partial charge in [-0.05, 0) is 20.3 Å². The summed E-state index contributed by atoms with van der Waals surface area (Å²) < 4.78 is 10.4. The summed E-state index contributed by atoms with van der Waals surface area (Å²) in [5.74, 6) is -1.32. The molecule has 0 fully saturated rings. The minimum atomic E-state index is -1.32. The van der Waals surface area contributed by atoms with Gasteiger partial charge in [0.15, 0.2) is 5.79 Å². The third kappa shape index (κ3) is 7.46. The summed E-state index contributed by atoms with van der Waals surface area (Å²) in [6.45, 7) is 6.26. The Labute approximate surface area is 103 Å². The van der Waals surface area contributed by atoms with E-state index in [0.717, 1.165) is 0 Å². The van der Waals surface area contributed by atoms with Crippen LogP contribution in [0.5, 0.6) is 0 Å². The third-order valence-corrected chi connectivity index (χ3v) is 2.29. The number of aliphatic hydroxyl groups excluding tert-OH is 2. The lowest BCUT2D eigenvalue weighted by Crippen LogP contribution is -2.38. The van der Waals surface area contributed by atoms with Crippen molar-refractivity contribution in [2.75, 3.05) is 13.7 Å². The Morgan fingerprint density at radius 1 is 1.41 bits per heavy atom. The van der Waals surface area contributed by atoms with E-state index in [1.165, 1.54) is 21.0 Å². The fourth-order valence-electron chi connectivity index (χ4n) is 1.56. The van der Waals surface area contributed by atoms with E-state index in [1.54, 1.807) is 6.08 Å². The molecule has 5 heteroatoms. The van der Waals surface area contributed by atoms with Gasteiger partial charge in [-0.25, -0.2) is 0 Å². The Balaban J connectivity index is 4.35. The zero-order chi connectivity index (χ0) is 13.5. The van der Waals surface area contributed by atoms with Gasteiger partial charge in [0.1, 0.15) is 0 Å². The molecule has 0 saturated carbocycles. The lowest BCUT2D eigenvalue weighted by Gasteiger charge is -2.29. The van der Waals surface area contributed by atoms with Crippen molar-refractivity contribution in [2.24, 2.45) is 0 Å². The standard InChI is InChI=1S/C12H24O5/c1-5-6-10(14)11(16-4)7-9(8-13)17-12(2,3)15/h5,9-11,13-15H,1,6-8H2,2-4H3/t9-,10+,11-/m1/s1. The van der Waals surface area contributed by atoms with Gasteiger partial charge >= 0.3 is 0 Å². The van der Waals surface area contributed by atoms with Crippen LogP contribution >= 0.6 is 0 Å². The zero-order valence-electron chi connectivity index (χ0n) is 10.8. The molecule has 0 aliphatic carbocycles. The van der Waals surface area contributed by atoms with Crippen LogP contribution < -0.4 is 0 Å². The average Bonchev–Trinajstić information content (AvgIpc) is 2.22. The maximum absolute atomic E-state index is 9.76. The summed E-state index contributed by atoms with van der Waals surface area (Å²) >= 11 is 0. The van der Waals surface area contributed by atoms with Crippen LogP contribution in [0.2, 0.25) is 0 Å². The summed E-state index contributed by atoms with van der Waals surface area (Å²) in [5.41, 5.74) is 0. The predicted molar refractivity (Wildman–Crippen MR) is 64.5 cm³/mol. The number of rotatable bonds is 9. The highest BCUT2D eigenvalue weighted by Crippen LogP contribution is 2.16. The molecule has 3 N–H and O–H groups in total. The van der Waals surface area contributed by atoms with E-state index in [4.69, 9.17) is 14.6 Å². The van der Waals surface area contributed by atoms with Crippen molar-refractivity contribution in [1.29, 1.82) is 0 Å². The molecular formula is C12H24O5. The van der Waals surface area contributed by atoms with Crippen LogP contribution in [0.25, 0.3) is 0 Å². The van der Waals surface area contributed by atoms with E-state index in [2.05, 4.69) is 6.58 Å². The molecule has 0 spiro atoms. The predicted octanol–water partition coefficient (Wildman–Crippen LogP) is 0.434. The van der Waals surface area contributed by atoms with Crippen LogP contribution in [-0.2, 0) is 9.47 Å². The van der Waals surface area contributed by atoms with Crippen molar-refractivity contribution in [3.63, 3.8) is 0 Å². The monoisotopic (exact) mass is 248 g/mol. The van der Waals surface area contributed by atoms with Gasteiger partial charge in [-0.3, -0.25) is 0 Å². The molecule has 0 unspecified atom stereocenters. The molecule has 0 radical (unpaired) electrons. The van der Waals surface area contributed by atoms with Crippen molar-refractivity contribution in [1.82, 2.24) is 0 Å². The molecule has 0 heterocycles. The fraction of sp³-hybridized carbons (Fsp3) is 0.833. The second-order valence-corrected chi connectivity index (χ2v) is 4.47. The highest BCUT2D eigenvalue weighted by Gasteiger charge is 2.26. The van der Waals surface area contributed by atoms with Gasteiger partial charge in [0.2, 0.25) is 0 Å². The van der Waals surface area contributed by atoms with E-state index in [1.807, 2.05) is 0 Å². The van der Waals surface area contributed by atoms with Gasteiger partial charge in [-0.2, -0.15) is 0 Å². The highest BCUT2D eigenvalue weighted by atomic mass is 16.6. The van der Waals surface area contributed by atoms with Crippen LogP contribution in [0.3, 0.4) is 0 Å². The first kappa shape index (κ1) is 16.5. The summed E-state index contributed by atoms with van der Waals surface area (Å²) in [6.07, 6.45) is 0.552. The topological polar surface area (TPSA) is 79.2 Å². The zero-order valence-corrected chi connectivity index (χ0v) is 10.8. The van der Waals surface area contributed by atoms with Crippen LogP contribution in [-0.4, -0.2) is 53.1 Å². The van der Waals surface area contributed by atoms with Gasteiger partial charge < -0.3 is 24.8 Å². The molecule has 102 valence electrons. The number of hydrogen-bond acceptors (Lipinski definition) is 5. The number of ether oxygens (including phenoxy) is 2. The Bertz CT molecular complexity index is 211. The molecule has 0 rings (SSSR count). The molecule has 0 aromatic heterocycles. The van der Waals surface area contributed by atoms with E-state index >= 15 is 0 Å². The van der Waals surface area contributed by atoms with Crippen molar-refractivity contribution in [3.05, 3.63) is 12.7 Å². The van der Waals surface area contributed by atoms with Crippen LogP contribution in [0.15, 0.2) is 12.7 Å². The smallest absolute Gasteiger partial charge is 0.160 e. The van der Waals surface area contributed by atoms with E-state index in [0.29, 0.717) is 12.8 Å². The summed E-state index contributed by atoms with van der Waals surface area (Å²) in [5, 5.41) is 28.4. The van der Waals surface area contributed by atoms with Gasteiger partial charge in [-0.1, -0.05) is 6.08 Å². The normalized spacial score (nSPS) is 17.5. The van der Waals surface area contributed by atoms with Crippen LogP contribution in [0.1, 0.15) is 26.7 Å². The van der Waals surface area contributed by atoms with Crippen molar-refractivity contribution in [2.45, 2.75) is 50.8 Å². The summed E-state index contributed by atoms with van der Waals surface area (Å²) in [4.78, 5) is 0. The largest absolute Gasteiger partial charge is 0.394 e. The second-order valence-electron chi connectivity index (χ2n) is 4.47. The second kappa shape index (κ2) is 7.79. The van der Waals surface area contributed by atoms with Crippen molar-refractivity contribution < 1.29 is 24.8 Å². The summed E-state index contributed by atoms with van der Waals surface area (Å²) in [7, 11) is 1.48. The SMILES string of the molecule is C=CC[C@H](O)[C@@H](C[C@H](CO)OC(C)(C)O)OC. The maximum Gasteiger partial charge on any atom is 0.160 e. The lowest BCUT2D eigenvalue weighted by atomic mass is 10.0. The Kier molecular flexibility index (Phi) is 7.58. The quantitative estimate of drug-likeness (QED) is 0.407. The average molecular weight is 248 g/mol. The highest BCUT2D eigenvalue weighted by molar-refractivity contribution is 4.80. The van der Waals surface area contributed by atoms with Gasteiger partial charge in [-0.15, -0.1) is 6.58 Å². The molecule has 0 amide bonds. The number of hydrogen-bond donors (Lipinski definition) is 3. The molecule has 5 nitrogen and oxygen atoms in total. The third-order valence-electron chi connectivity index (χ3n) is 2.29. The molecule has 3 atom stereocenters. The Morgan fingerprint density at radius 2 is 2.00 bits per heavy atom. The van der Waals surface area contributed by atoms with E-state index < -0.39 is 24.1 Å². The summed E-state index contributed by atoms with van der Waals surface area (Å²) in [6, 6.07) is 0.